The summed E-state index contributed by atoms with van der Waals surface area (Å²) < 4.78 is 24.7. The van der Waals surface area contributed by atoms with E-state index < -0.39 is 9.84 Å². The highest BCUT2D eigenvalue weighted by molar-refractivity contribution is 7.90. The van der Waals surface area contributed by atoms with Crippen molar-refractivity contribution in [3.05, 3.63) is 58.6 Å². The lowest BCUT2D eigenvalue weighted by Gasteiger charge is -2.09. The van der Waals surface area contributed by atoms with Gasteiger partial charge in [0, 0.05) is 10.7 Å². The topological polar surface area (TPSA) is 60.2 Å². The third kappa shape index (κ3) is 3.08. The van der Waals surface area contributed by atoms with E-state index in [2.05, 4.69) is 0 Å². The first kappa shape index (κ1) is 13.9. The largest absolute Gasteiger partial charge is 0.399 e. The van der Waals surface area contributed by atoms with E-state index in [1.54, 1.807) is 43.3 Å². The number of nitrogens with two attached hydrogens (primary N) is 1. The summed E-state index contributed by atoms with van der Waals surface area (Å²) in [6.45, 7) is 1.78. The Hall–Kier alpha value is -1.52. The van der Waals surface area contributed by atoms with Crippen LogP contribution in [-0.2, 0) is 15.6 Å². The van der Waals surface area contributed by atoms with Crippen LogP contribution in [0.5, 0.6) is 0 Å². The highest BCUT2D eigenvalue weighted by atomic mass is 35.5. The Balaban J connectivity index is 2.40. The molecule has 0 radical (unpaired) electrons. The van der Waals surface area contributed by atoms with Crippen molar-refractivity contribution >= 4 is 27.1 Å². The van der Waals surface area contributed by atoms with Gasteiger partial charge in [0.05, 0.1) is 10.6 Å². The predicted molar refractivity (Wildman–Crippen MR) is 77.9 cm³/mol. The summed E-state index contributed by atoms with van der Waals surface area (Å²) >= 11 is 6.02. The number of sulfone groups is 1. The monoisotopic (exact) mass is 295 g/mol. The number of aryl methyl sites for hydroxylation is 1. The van der Waals surface area contributed by atoms with Gasteiger partial charge in [0.25, 0.3) is 0 Å². The number of anilines is 1. The molecule has 2 rings (SSSR count). The van der Waals surface area contributed by atoms with Crippen LogP contribution in [0.2, 0.25) is 5.02 Å². The zero-order valence-electron chi connectivity index (χ0n) is 10.4. The molecule has 0 spiro atoms. The molecule has 0 bridgehead atoms. The quantitative estimate of drug-likeness (QED) is 0.885. The fraction of sp³-hybridized carbons (Fsp3) is 0.143. The van der Waals surface area contributed by atoms with Crippen LogP contribution < -0.4 is 5.73 Å². The Morgan fingerprint density at radius 1 is 1.16 bits per heavy atom. The van der Waals surface area contributed by atoms with Gasteiger partial charge in [-0.3, -0.25) is 0 Å². The number of hydrogen-bond acceptors (Lipinski definition) is 3. The standard InChI is InChI=1S/C14H14ClNO2S/c1-10-4-2-3-5-14(10)19(17,18)9-11-6-7-12(16)8-13(11)15/h2-8H,9,16H2,1H3. The van der Waals surface area contributed by atoms with E-state index in [-0.39, 0.29) is 5.75 Å². The third-order valence-corrected chi connectivity index (χ3v) is 5.02. The van der Waals surface area contributed by atoms with Gasteiger partial charge in [-0.05, 0) is 36.2 Å². The van der Waals surface area contributed by atoms with E-state index >= 15 is 0 Å². The van der Waals surface area contributed by atoms with Crippen LogP contribution in [-0.4, -0.2) is 8.42 Å². The van der Waals surface area contributed by atoms with Gasteiger partial charge in [0.1, 0.15) is 0 Å². The second-order valence-electron chi connectivity index (χ2n) is 4.38. The molecular formula is C14H14ClNO2S. The Kier molecular flexibility index (Phi) is 3.83. The second-order valence-corrected chi connectivity index (χ2v) is 6.74. The lowest BCUT2D eigenvalue weighted by Crippen LogP contribution is -2.07. The molecule has 3 nitrogen and oxygen atoms in total. The van der Waals surface area contributed by atoms with Gasteiger partial charge >= 0.3 is 0 Å². The van der Waals surface area contributed by atoms with Crippen LogP contribution >= 0.6 is 11.6 Å². The molecule has 5 heteroatoms. The molecule has 2 N–H and O–H groups in total. The van der Waals surface area contributed by atoms with Gasteiger partial charge in [-0.2, -0.15) is 0 Å². The molecule has 2 aromatic carbocycles. The van der Waals surface area contributed by atoms with E-state index in [0.29, 0.717) is 21.2 Å². The van der Waals surface area contributed by atoms with Crippen LogP contribution in [0.15, 0.2) is 47.4 Å². The normalized spacial score (nSPS) is 11.5. The van der Waals surface area contributed by atoms with Crippen LogP contribution in [0.4, 0.5) is 5.69 Å². The number of halogens is 1. The second kappa shape index (κ2) is 5.23. The molecule has 0 atom stereocenters. The minimum Gasteiger partial charge on any atom is -0.399 e. The van der Waals surface area contributed by atoms with Crippen LogP contribution in [0, 0.1) is 6.92 Å². The Bertz CT molecular complexity index is 711. The van der Waals surface area contributed by atoms with Crippen molar-refractivity contribution in [1.29, 1.82) is 0 Å². The molecule has 0 aliphatic rings. The number of hydrogen-bond donors (Lipinski definition) is 1. The number of nitrogen functional groups attached to an aromatic ring is 1. The van der Waals surface area contributed by atoms with Crippen molar-refractivity contribution in [3.63, 3.8) is 0 Å². The van der Waals surface area contributed by atoms with E-state index in [1.165, 1.54) is 0 Å². The molecular weight excluding hydrogens is 282 g/mol. The molecule has 2 aromatic rings. The molecule has 0 aromatic heterocycles. The van der Waals surface area contributed by atoms with Crippen molar-refractivity contribution in [2.24, 2.45) is 0 Å². The minimum atomic E-state index is -3.40. The third-order valence-electron chi connectivity index (χ3n) is 2.85. The maximum atomic E-state index is 12.4. The van der Waals surface area contributed by atoms with Crippen molar-refractivity contribution in [2.75, 3.05) is 5.73 Å². The van der Waals surface area contributed by atoms with Crippen molar-refractivity contribution in [1.82, 2.24) is 0 Å². The van der Waals surface area contributed by atoms with E-state index in [1.807, 2.05) is 6.07 Å². The van der Waals surface area contributed by atoms with Gasteiger partial charge < -0.3 is 5.73 Å². The summed E-state index contributed by atoms with van der Waals surface area (Å²) in [4.78, 5) is 0.336. The first-order chi connectivity index (χ1) is 8.90. The smallest absolute Gasteiger partial charge is 0.182 e. The predicted octanol–water partition coefficient (Wildman–Crippen LogP) is 3.20. The fourth-order valence-electron chi connectivity index (χ4n) is 1.87. The average Bonchev–Trinajstić information content (AvgIpc) is 2.33. The highest BCUT2D eigenvalue weighted by Crippen LogP contribution is 2.25. The maximum Gasteiger partial charge on any atom is 0.182 e. The van der Waals surface area contributed by atoms with Crippen LogP contribution in [0.1, 0.15) is 11.1 Å². The molecule has 0 aliphatic heterocycles. The lowest BCUT2D eigenvalue weighted by molar-refractivity contribution is 0.594. The number of benzene rings is 2. The first-order valence-corrected chi connectivity index (χ1v) is 7.75. The van der Waals surface area contributed by atoms with Gasteiger partial charge in [-0.25, -0.2) is 8.42 Å². The minimum absolute atomic E-state index is 0.128. The molecule has 0 amide bonds. The van der Waals surface area contributed by atoms with Gasteiger partial charge in [0.2, 0.25) is 0 Å². The summed E-state index contributed by atoms with van der Waals surface area (Å²) in [5.74, 6) is -0.128. The highest BCUT2D eigenvalue weighted by Gasteiger charge is 2.18. The van der Waals surface area contributed by atoms with E-state index in [0.717, 1.165) is 5.56 Å². The first-order valence-electron chi connectivity index (χ1n) is 5.72. The zero-order valence-corrected chi connectivity index (χ0v) is 12.0. The fourth-order valence-corrected chi connectivity index (χ4v) is 3.86. The summed E-state index contributed by atoms with van der Waals surface area (Å²) in [5.41, 5.74) is 7.39. The van der Waals surface area contributed by atoms with Crippen molar-refractivity contribution < 1.29 is 8.42 Å². The van der Waals surface area contributed by atoms with Gasteiger partial charge in [0.15, 0.2) is 9.84 Å². The summed E-state index contributed by atoms with van der Waals surface area (Å²) in [6, 6.07) is 11.8. The zero-order chi connectivity index (χ0) is 14.0. The summed E-state index contributed by atoms with van der Waals surface area (Å²) in [7, 11) is -3.40. The average molecular weight is 296 g/mol. The summed E-state index contributed by atoms with van der Waals surface area (Å²) in [6.07, 6.45) is 0. The van der Waals surface area contributed by atoms with Crippen LogP contribution in [0.3, 0.4) is 0 Å². The molecule has 0 unspecified atom stereocenters. The van der Waals surface area contributed by atoms with Crippen LogP contribution in [0.25, 0.3) is 0 Å². The van der Waals surface area contributed by atoms with Gasteiger partial charge in [-0.1, -0.05) is 35.9 Å². The van der Waals surface area contributed by atoms with Gasteiger partial charge in [-0.15, -0.1) is 0 Å². The molecule has 19 heavy (non-hydrogen) atoms. The molecule has 0 aliphatic carbocycles. The Morgan fingerprint density at radius 2 is 1.84 bits per heavy atom. The maximum absolute atomic E-state index is 12.4. The number of rotatable bonds is 3. The molecule has 0 saturated heterocycles. The van der Waals surface area contributed by atoms with E-state index in [9.17, 15) is 8.42 Å². The lowest BCUT2D eigenvalue weighted by atomic mass is 10.2. The molecule has 0 saturated carbocycles. The SMILES string of the molecule is Cc1ccccc1S(=O)(=O)Cc1ccc(N)cc1Cl. The molecule has 0 fully saturated rings. The molecule has 0 heterocycles. The Morgan fingerprint density at radius 3 is 2.47 bits per heavy atom. The van der Waals surface area contributed by atoms with Crippen molar-refractivity contribution in [2.45, 2.75) is 17.6 Å². The molecule has 100 valence electrons. The Labute approximate surface area is 117 Å². The van der Waals surface area contributed by atoms with E-state index in [4.69, 9.17) is 17.3 Å². The summed E-state index contributed by atoms with van der Waals surface area (Å²) in [5, 5.41) is 0.372. The van der Waals surface area contributed by atoms with Crippen molar-refractivity contribution in [3.8, 4) is 0 Å².